The second-order valence-electron chi connectivity index (χ2n) is 5.19. The fraction of sp³-hybridized carbons (Fsp3) is 0.294. The van der Waals surface area contributed by atoms with Gasteiger partial charge in [-0.25, -0.2) is 9.97 Å². The first-order valence-electron chi connectivity index (χ1n) is 7.48. The van der Waals surface area contributed by atoms with Gasteiger partial charge in [-0.2, -0.15) is 5.26 Å². The van der Waals surface area contributed by atoms with Crippen molar-refractivity contribution in [1.82, 2.24) is 14.9 Å². The summed E-state index contributed by atoms with van der Waals surface area (Å²) >= 11 is 0. The third-order valence-electron chi connectivity index (χ3n) is 3.34. The van der Waals surface area contributed by atoms with E-state index in [1.54, 1.807) is 30.1 Å². The van der Waals surface area contributed by atoms with Gasteiger partial charge in [-0.1, -0.05) is 19.4 Å². The number of carbonyl (C=O) groups is 1. The van der Waals surface area contributed by atoms with Crippen LogP contribution in [-0.2, 0) is 0 Å². The first kappa shape index (κ1) is 16.4. The first-order chi connectivity index (χ1) is 11.1. The van der Waals surface area contributed by atoms with Crippen molar-refractivity contribution in [3.8, 4) is 6.07 Å². The molecule has 2 aromatic rings. The maximum Gasteiger partial charge on any atom is 0.256 e. The lowest BCUT2D eigenvalue weighted by atomic mass is 10.2. The molecule has 1 aromatic carbocycles. The van der Waals surface area contributed by atoms with E-state index in [9.17, 15) is 4.79 Å². The van der Waals surface area contributed by atoms with Crippen LogP contribution < -0.4 is 5.32 Å². The molecule has 0 unspecified atom stereocenters. The fourth-order valence-corrected chi connectivity index (χ4v) is 2.02. The van der Waals surface area contributed by atoms with Crippen LogP contribution in [0.5, 0.6) is 0 Å². The molecule has 0 saturated heterocycles. The number of nitrogens with one attached hydrogen (secondary N) is 1. The molecule has 0 radical (unpaired) electrons. The molecule has 1 aromatic heterocycles. The highest BCUT2D eigenvalue weighted by atomic mass is 16.2. The summed E-state index contributed by atoms with van der Waals surface area (Å²) in [6, 6.07) is 9.11. The molecule has 1 N–H and O–H groups in total. The van der Waals surface area contributed by atoms with Gasteiger partial charge in [0, 0.05) is 31.7 Å². The van der Waals surface area contributed by atoms with Gasteiger partial charge in [-0.05, 0) is 24.6 Å². The lowest BCUT2D eigenvalue weighted by molar-refractivity contribution is 0.0792. The van der Waals surface area contributed by atoms with Crippen LogP contribution in [0.4, 0.5) is 11.6 Å². The van der Waals surface area contributed by atoms with Gasteiger partial charge >= 0.3 is 0 Å². The topological polar surface area (TPSA) is 81.9 Å². The normalized spacial score (nSPS) is 9.96. The summed E-state index contributed by atoms with van der Waals surface area (Å²) in [7, 11) is 1.78. The van der Waals surface area contributed by atoms with E-state index in [4.69, 9.17) is 5.26 Å². The maximum absolute atomic E-state index is 12.2. The van der Waals surface area contributed by atoms with Crippen LogP contribution in [-0.4, -0.2) is 34.4 Å². The number of hydrogen-bond acceptors (Lipinski definition) is 5. The van der Waals surface area contributed by atoms with Crippen molar-refractivity contribution < 1.29 is 4.79 Å². The summed E-state index contributed by atoms with van der Waals surface area (Å²) < 4.78 is 0. The molecule has 23 heavy (non-hydrogen) atoms. The Balaban J connectivity index is 2.04. The maximum atomic E-state index is 12.2. The molecule has 0 aliphatic carbocycles. The Morgan fingerprint density at radius 2 is 2.09 bits per heavy atom. The van der Waals surface area contributed by atoms with Crippen LogP contribution in [0.1, 0.15) is 35.7 Å². The van der Waals surface area contributed by atoms with Gasteiger partial charge in [0.15, 0.2) is 0 Å². The number of hydrogen-bond donors (Lipinski definition) is 1. The Morgan fingerprint density at radius 3 is 2.74 bits per heavy atom. The Labute approximate surface area is 135 Å². The summed E-state index contributed by atoms with van der Waals surface area (Å²) in [4.78, 5) is 22.2. The van der Waals surface area contributed by atoms with Gasteiger partial charge in [0.2, 0.25) is 5.95 Å². The lowest BCUT2D eigenvalue weighted by Crippen LogP contribution is -2.27. The summed E-state index contributed by atoms with van der Waals surface area (Å²) in [5.41, 5.74) is 1.74. The zero-order valence-corrected chi connectivity index (χ0v) is 13.3. The van der Waals surface area contributed by atoms with Crippen molar-refractivity contribution in [1.29, 1.82) is 5.26 Å². The third-order valence-corrected chi connectivity index (χ3v) is 3.34. The van der Waals surface area contributed by atoms with Crippen molar-refractivity contribution in [3.63, 3.8) is 0 Å². The molecule has 0 aliphatic rings. The summed E-state index contributed by atoms with van der Waals surface area (Å²) in [5.74, 6) is 0.296. The highest BCUT2D eigenvalue weighted by Crippen LogP contribution is 2.14. The molecule has 0 saturated carbocycles. The molecule has 1 heterocycles. The Bertz CT molecular complexity index is 706. The van der Waals surface area contributed by atoms with E-state index in [0.29, 0.717) is 17.1 Å². The molecule has 0 spiro atoms. The van der Waals surface area contributed by atoms with E-state index in [-0.39, 0.29) is 5.91 Å². The van der Waals surface area contributed by atoms with Crippen molar-refractivity contribution in [2.24, 2.45) is 0 Å². The van der Waals surface area contributed by atoms with Gasteiger partial charge < -0.3 is 10.2 Å². The van der Waals surface area contributed by atoms with Crippen LogP contribution in [0.3, 0.4) is 0 Å². The van der Waals surface area contributed by atoms with Crippen molar-refractivity contribution in [3.05, 3.63) is 47.8 Å². The van der Waals surface area contributed by atoms with Gasteiger partial charge in [0.1, 0.15) is 0 Å². The second-order valence-corrected chi connectivity index (χ2v) is 5.19. The molecular weight excluding hydrogens is 290 g/mol. The summed E-state index contributed by atoms with van der Waals surface area (Å²) in [5, 5.41) is 11.9. The van der Waals surface area contributed by atoms with E-state index < -0.39 is 0 Å². The number of amides is 1. The van der Waals surface area contributed by atoms with E-state index in [1.165, 1.54) is 12.4 Å². The quantitative estimate of drug-likeness (QED) is 0.887. The summed E-state index contributed by atoms with van der Waals surface area (Å²) in [6.45, 7) is 2.81. The predicted molar refractivity (Wildman–Crippen MR) is 88.3 cm³/mol. The molecular formula is C17H19N5O. The zero-order chi connectivity index (χ0) is 16.7. The van der Waals surface area contributed by atoms with Crippen LogP contribution in [0.15, 0.2) is 36.7 Å². The SMILES string of the molecule is CCCCN(C)C(=O)c1cnc(Nc2cccc(C#N)c2)nc1. The number of carbonyl (C=O) groups excluding carboxylic acids is 1. The molecule has 1 amide bonds. The van der Waals surface area contributed by atoms with Crippen molar-refractivity contribution in [2.45, 2.75) is 19.8 Å². The van der Waals surface area contributed by atoms with Gasteiger partial charge in [-0.15, -0.1) is 0 Å². The van der Waals surface area contributed by atoms with Crippen molar-refractivity contribution in [2.75, 3.05) is 18.9 Å². The predicted octanol–water partition coefficient (Wildman–Crippen LogP) is 2.96. The molecule has 6 nitrogen and oxygen atoms in total. The van der Waals surface area contributed by atoms with Gasteiger partial charge in [0.25, 0.3) is 5.91 Å². The number of anilines is 2. The zero-order valence-electron chi connectivity index (χ0n) is 13.3. The Hall–Kier alpha value is -2.94. The van der Waals surface area contributed by atoms with Crippen molar-refractivity contribution >= 4 is 17.5 Å². The second kappa shape index (κ2) is 7.90. The van der Waals surface area contributed by atoms with Gasteiger partial charge in [-0.3, -0.25) is 4.79 Å². The van der Waals surface area contributed by atoms with E-state index in [0.717, 1.165) is 25.1 Å². The van der Waals surface area contributed by atoms with Crippen LogP contribution in [0.25, 0.3) is 0 Å². The summed E-state index contributed by atoms with van der Waals surface area (Å²) in [6.07, 6.45) is 5.03. The average molecular weight is 309 g/mol. The third kappa shape index (κ3) is 4.51. The fourth-order valence-electron chi connectivity index (χ4n) is 2.02. The standard InChI is InChI=1S/C17H19N5O/c1-3-4-8-22(2)16(23)14-11-19-17(20-12-14)21-15-7-5-6-13(9-15)10-18/h5-7,9,11-12H,3-4,8H2,1-2H3,(H,19,20,21). The number of unbranched alkanes of at least 4 members (excludes halogenated alkanes) is 1. The largest absolute Gasteiger partial charge is 0.342 e. The molecule has 0 fully saturated rings. The Morgan fingerprint density at radius 1 is 1.35 bits per heavy atom. The number of aromatic nitrogens is 2. The molecule has 118 valence electrons. The van der Waals surface area contributed by atoms with Crippen LogP contribution in [0.2, 0.25) is 0 Å². The molecule has 6 heteroatoms. The smallest absolute Gasteiger partial charge is 0.256 e. The molecule has 0 aliphatic heterocycles. The monoisotopic (exact) mass is 309 g/mol. The van der Waals surface area contributed by atoms with Crippen LogP contribution >= 0.6 is 0 Å². The number of rotatable bonds is 6. The van der Waals surface area contributed by atoms with E-state index in [1.807, 2.05) is 6.07 Å². The molecule has 2 rings (SSSR count). The van der Waals surface area contributed by atoms with Gasteiger partial charge in [0.05, 0.1) is 17.2 Å². The lowest BCUT2D eigenvalue weighted by Gasteiger charge is -2.16. The first-order valence-corrected chi connectivity index (χ1v) is 7.48. The highest BCUT2D eigenvalue weighted by Gasteiger charge is 2.12. The molecule has 0 atom stereocenters. The van der Waals surface area contributed by atoms with E-state index >= 15 is 0 Å². The Kier molecular flexibility index (Phi) is 5.64. The average Bonchev–Trinajstić information content (AvgIpc) is 2.60. The van der Waals surface area contributed by atoms with E-state index in [2.05, 4.69) is 28.3 Å². The molecule has 0 bridgehead atoms. The minimum absolute atomic E-state index is 0.0866. The van der Waals surface area contributed by atoms with Crippen LogP contribution in [0, 0.1) is 11.3 Å². The minimum atomic E-state index is -0.0866. The highest BCUT2D eigenvalue weighted by molar-refractivity contribution is 5.93. The minimum Gasteiger partial charge on any atom is -0.342 e. The number of benzene rings is 1. The number of nitriles is 1. The number of nitrogens with zero attached hydrogens (tertiary/aromatic N) is 4.